The van der Waals surface area contributed by atoms with Crippen molar-refractivity contribution in [3.63, 3.8) is 0 Å². The first kappa shape index (κ1) is 21.1. The van der Waals surface area contributed by atoms with Gasteiger partial charge in [0.25, 0.3) is 5.56 Å². The van der Waals surface area contributed by atoms with Crippen LogP contribution in [0.4, 0.5) is 5.69 Å². The van der Waals surface area contributed by atoms with Crippen LogP contribution in [0.5, 0.6) is 11.5 Å². The fourth-order valence-electron chi connectivity index (χ4n) is 3.38. The summed E-state index contributed by atoms with van der Waals surface area (Å²) >= 11 is 0. The third-order valence-electron chi connectivity index (χ3n) is 5.27. The number of carbonyl (C=O) groups is 1. The molecule has 0 bridgehead atoms. The molecule has 164 valence electrons. The van der Waals surface area contributed by atoms with Crippen LogP contribution in [-0.2, 0) is 11.3 Å². The highest BCUT2D eigenvalue weighted by Crippen LogP contribution is 2.29. The molecule has 4 rings (SSSR count). The Morgan fingerprint density at radius 2 is 1.81 bits per heavy atom. The second kappa shape index (κ2) is 8.54. The number of methoxy groups -OCH3 is 2. The molecule has 0 aliphatic carbocycles. The van der Waals surface area contributed by atoms with Gasteiger partial charge >= 0.3 is 0 Å². The number of hydrogen-bond acceptors (Lipinski definition) is 6. The Morgan fingerprint density at radius 1 is 1.03 bits per heavy atom. The second-order valence-corrected chi connectivity index (χ2v) is 7.36. The summed E-state index contributed by atoms with van der Waals surface area (Å²) < 4.78 is 13.3. The van der Waals surface area contributed by atoms with E-state index in [1.165, 1.54) is 36.9 Å². The van der Waals surface area contributed by atoms with Gasteiger partial charge in [-0.05, 0) is 49.2 Å². The van der Waals surface area contributed by atoms with Crippen LogP contribution < -0.4 is 20.3 Å². The molecule has 2 aromatic heterocycles. The summed E-state index contributed by atoms with van der Waals surface area (Å²) in [6.07, 6.45) is 2.83. The Morgan fingerprint density at radius 3 is 2.53 bits per heavy atom. The highest BCUT2D eigenvalue weighted by atomic mass is 16.5. The normalized spacial score (nSPS) is 10.9. The number of hydrogen-bond donors (Lipinski definition) is 1. The van der Waals surface area contributed by atoms with Crippen LogP contribution in [0.3, 0.4) is 0 Å². The largest absolute Gasteiger partial charge is 0.493 e. The zero-order chi connectivity index (χ0) is 22.8. The Kier molecular flexibility index (Phi) is 5.63. The lowest BCUT2D eigenvalue weighted by atomic mass is 10.1. The van der Waals surface area contributed by atoms with Crippen molar-refractivity contribution in [2.24, 2.45) is 0 Å². The SMILES string of the molecule is COc1ccc(NC(=O)Cn2cnc3c(cnn3-c3ccc(C)c(C)c3)c2=O)cc1OC. The summed E-state index contributed by atoms with van der Waals surface area (Å²) in [4.78, 5) is 29.8. The monoisotopic (exact) mass is 433 g/mol. The number of aryl methyl sites for hydroxylation is 2. The van der Waals surface area contributed by atoms with Crippen molar-refractivity contribution in [3.8, 4) is 17.2 Å². The molecule has 4 aromatic rings. The van der Waals surface area contributed by atoms with Gasteiger partial charge in [-0.1, -0.05) is 6.07 Å². The minimum Gasteiger partial charge on any atom is -0.493 e. The fraction of sp³-hybridized carbons (Fsp3) is 0.217. The van der Waals surface area contributed by atoms with Gasteiger partial charge < -0.3 is 14.8 Å². The Labute approximate surface area is 184 Å². The van der Waals surface area contributed by atoms with Crippen LogP contribution in [0.1, 0.15) is 11.1 Å². The number of aromatic nitrogens is 4. The summed E-state index contributed by atoms with van der Waals surface area (Å²) in [5, 5.41) is 7.42. The minimum absolute atomic E-state index is 0.190. The van der Waals surface area contributed by atoms with Crippen molar-refractivity contribution in [1.29, 1.82) is 0 Å². The number of nitrogens with zero attached hydrogens (tertiary/aromatic N) is 4. The first-order valence-corrected chi connectivity index (χ1v) is 9.94. The summed E-state index contributed by atoms with van der Waals surface area (Å²) in [6.45, 7) is 3.86. The van der Waals surface area contributed by atoms with Gasteiger partial charge in [-0.2, -0.15) is 5.10 Å². The first-order chi connectivity index (χ1) is 15.4. The summed E-state index contributed by atoms with van der Waals surface area (Å²) in [5.41, 5.74) is 3.73. The predicted octanol–water partition coefficient (Wildman–Crippen LogP) is 2.85. The van der Waals surface area contributed by atoms with Crippen molar-refractivity contribution in [2.45, 2.75) is 20.4 Å². The van der Waals surface area contributed by atoms with Gasteiger partial charge in [0, 0.05) is 11.8 Å². The molecule has 1 N–H and O–H groups in total. The number of amides is 1. The molecule has 2 aromatic carbocycles. The van der Waals surface area contributed by atoms with E-state index in [1.54, 1.807) is 22.9 Å². The standard InChI is InChI=1S/C23H23N5O4/c1-14-5-7-17(9-15(14)2)28-22-18(11-25-28)23(30)27(13-24-22)12-21(29)26-16-6-8-19(31-3)20(10-16)32-4/h5-11,13H,12H2,1-4H3,(H,26,29). The number of nitrogens with one attached hydrogen (secondary N) is 1. The molecule has 0 radical (unpaired) electrons. The van der Waals surface area contributed by atoms with Gasteiger partial charge in [-0.25, -0.2) is 9.67 Å². The van der Waals surface area contributed by atoms with E-state index >= 15 is 0 Å². The summed E-state index contributed by atoms with van der Waals surface area (Å²) in [5.74, 6) is 0.670. The smallest absolute Gasteiger partial charge is 0.264 e. The first-order valence-electron chi connectivity index (χ1n) is 9.94. The van der Waals surface area contributed by atoms with Crippen molar-refractivity contribution < 1.29 is 14.3 Å². The average molecular weight is 433 g/mol. The van der Waals surface area contributed by atoms with E-state index in [9.17, 15) is 9.59 Å². The quantitative estimate of drug-likeness (QED) is 0.502. The molecular weight excluding hydrogens is 410 g/mol. The van der Waals surface area contributed by atoms with Gasteiger partial charge in [-0.15, -0.1) is 0 Å². The zero-order valence-corrected chi connectivity index (χ0v) is 18.2. The van der Waals surface area contributed by atoms with E-state index in [-0.39, 0.29) is 18.0 Å². The van der Waals surface area contributed by atoms with E-state index in [4.69, 9.17) is 9.47 Å². The molecule has 0 atom stereocenters. The highest BCUT2D eigenvalue weighted by molar-refractivity contribution is 5.91. The van der Waals surface area contributed by atoms with E-state index in [2.05, 4.69) is 15.4 Å². The van der Waals surface area contributed by atoms with Gasteiger partial charge in [0.2, 0.25) is 5.91 Å². The van der Waals surface area contributed by atoms with Crippen LogP contribution in [-0.4, -0.2) is 39.5 Å². The molecule has 0 saturated heterocycles. The number of fused-ring (bicyclic) bond motifs is 1. The van der Waals surface area contributed by atoms with Crippen LogP contribution in [0, 0.1) is 13.8 Å². The lowest BCUT2D eigenvalue weighted by Gasteiger charge is -2.11. The molecule has 32 heavy (non-hydrogen) atoms. The van der Waals surface area contributed by atoms with Crippen LogP contribution >= 0.6 is 0 Å². The maximum absolute atomic E-state index is 12.9. The number of carbonyl (C=O) groups excluding carboxylic acids is 1. The topological polar surface area (TPSA) is 100 Å². The molecule has 0 aliphatic rings. The Balaban J connectivity index is 1.58. The van der Waals surface area contributed by atoms with Crippen molar-refractivity contribution >= 4 is 22.6 Å². The van der Waals surface area contributed by atoms with Crippen molar-refractivity contribution in [2.75, 3.05) is 19.5 Å². The van der Waals surface area contributed by atoms with Crippen LogP contribution in [0.25, 0.3) is 16.7 Å². The predicted molar refractivity (Wildman–Crippen MR) is 121 cm³/mol. The van der Waals surface area contributed by atoms with Crippen LogP contribution in [0.2, 0.25) is 0 Å². The molecule has 0 aliphatic heterocycles. The number of ether oxygens (including phenoxy) is 2. The molecule has 0 spiro atoms. The van der Waals surface area contributed by atoms with E-state index < -0.39 is 0 Å². The fourth-order valence-corrected chi connectivity index (χ4v) is 3.38. The van der Waals surface area contributed by atoms with E-state index in [0.717, 1.165) is 11.3 Å². The van der Waals surface area contributed by atoms with Crippen molar-refractivity contribution in [1.82, 2.24) is 19.3 Å². The molecular formula is C23H23N5O4. The minimum atomic E-state index is -0.373. The van der Waals surface area contributed by atoms with Gasteiger partial charge in [-0.3, -0.25) is 14.2 Å². The maximum Gasteiger partial charge on any atom is 0.264 e. The summed E-state index contributed by atoms with van der Waals surface area (Å²) in [6, 6.07) is 10.9. The van der Waals surface area contributed by atoms with Gasteiger partial charge in [0.1, 0.15) is 18.3 Å². The molecule has 9 heteroatoms. The Bertz CT molecular complexity index is 1370. The molecule has 0 fully saturated rings. The number of rotatable bonds is 6. The third-order valence-corrected chi connectivity index (χ3v) is 5.27. The average Bonchev–Trinajstić information content (AvgIpc) is 3.22. The maximum atomic E-state index is 12.9. The summed E-state index contributed by atoms with van der Waals surface area (Å²) in [7, 11) is 3.05. The van der Waals surface area contributed by atoms with Gasteiger partial charge in [0.15, 0.2) is 17.1 Å². The van der Waals surface area contributed by atoms with Gasteiger partial charge in [0.05, 0.1) is 26.1 Å². The highest BCUT2D eigenvalue weighted by Gasteiger charge is 2.14. The third kappa shape index (κ3) is 3.92. The molecule has 2 heterocycles. The van der Waals surface area contributed by atoms with E-state index in [1.807, 2.05) is 32.0 Å². The zero-order valence-electron chi connectivity index (χ0n) is 18.2. The lowest BCUT2D eigenvalue weighted by molar-refractivity contribution is -0.116. The molecule has 1 amide bonds. The lowest BCUT2D eigenvalue weighted by Crippen LogP contribution is -2.27. The molecule has 0 saturated carbocycles. The molecule has 9 nitrogen and oxygen atoms in total. The van der Waals surface area contributed by atoms with E-state index in [0.29, 0.717) is 28.2 Å². The van der Waals surface area contributed by atoms with Crippen molar-refractivity contribution in [3.05, 3.63) is 70.4 Å². The number of anilines is 1. The molecule has 0 unspecified atom stereocenters. The number of benzene rings is 2. The second-order valence-electron chi connectivity index (χ2n) is 7.36. The van der Waals surface area contributed by atoms with Crippen LogP contribution in [0.15, 0.2) is 53.7 Å². The Hall–Kier alpha value is -4.14.